The average Bonchev–Trinajstić information content (AvgIpc) is 3.11. The maximum atomic E-state index is 12.6. The molecule has 0 unspecified atom stereocenters. The van der Waals surface area contributed by atoms with Crippen molar-refractivity contribution in [3.63, 3.8) is 0 Å². The molecular weight excluding hydrogens is 348 g/mol. The zero-order valence-electron chi connectivity index (χ0n) is 16.9. The summed E-state index contributed by atoms with van der Waals surface area (Å²) in [5, 5.41) is 9.55. The number of hydrogen-bond acceptors (Lipinski definition) is 2. The predicted octanol–water partition coefficient (Wildman–Crippen LogP) is 4.50. The Bertz CT molecular complexity index is 1100. The Kier molecular flexibility index (Phi) is 5.23. The number of carbonyl (C=O) groups excluding carboxylic acids is 1. The Morgan fingerprint density at radius 3 is 2.29 bits per heavy atom. The predicted molar refractivity (Wildman–Crippen MR) is 112 cm³/mol. The fourth-order valence-corrected chi connectivity index (χ4v) is 3.41. The Labute approximate surface area is 165 Å². The quantitative estimate of drug-likeness (QED) is 0.541. The van der Waals surface area contributed by atoms with Crippen LogP contribution < -0.4 is 5.43 Å². The minimum atomic E-state index is -0.426. The molecule has 0 spiro atoms. The average molecular weight is 372 g/mol. The van der Waals surface area contributed by atoms with Crippen molar-refractivity contribution in [1.82, 2.24) is 9.24 Å². The summed E-state index contributed by atoms with van der Waals surface area (Å²) < 4.78 is 3.81. The van der Waals surface area contributed by atoms with Crippen molar-refractivity contribution < 1.29 is 4.79 Å². The standard InChI is InChI=1S/C23H24N4O/c1-15-7-6-8-22(11-15)26-18(4)12-20(19(26)5)13-21(14-24)23(28)25-27-16(2)9-10-17(27)3/h6-13H,1-5H3,(H,25,28)/b21-13-. The van der Waals surface area contributed by atoms with Crippen LogP contribution in [-0.2, 0) is 4.79 Å². The Morgan fingerprint density at radius 1 is 1.00 bits per heavy atom. The number of carbonyl (C=O) groups is 1. The summed E-state index contributed by atoms with van der Waals surface area (Å²) in [6.45, 7) is 9.87. The van der Waals surface area contributed by atoms with E-state index in [1.54, 1.807) is 10.8 Å². The molecule has 0 radical (unpaired) electrons. The summed E-state index contributed by atoms with van der Waals surface area (Å²) in [7, 11) is 0. The normalized spacial score (nSPS) is 11.4. The molecule has 0 aliphatic carbocycles. The molecular formula is C23H24N4O. The maximum absolute atomic E-state index is 12.6. The van der Waals surface area contributed by atoms with Gasteiger partial charge in [0.15, 0.2) is 0 Å². The van der Waals surface area contributed by atoms with Crippen molar-refractivity contribution in [3.05, 3.63) is 81.9 Å². The van der Waals surface area contributed by atoms with Crippen LogP contribution in [0.1, 0.15) is 33.9 Å². The molecule has 1 amide bonds. The van der Waals surface area contributed by atoms with Crippen LogP contribution in [0.2, 0.25) is 0 Å². The molecule has 0 saturated carbocycles. The Morgan fingerprint density at radius 2 is 1.68 bits per heavy atom. The SMILES string of the molecule is Cc1cccc(-n2c(C)cc(/C=C(/C#N)C(=O)Nn3c(C)ccc3C)c2C)c1. The van der Waals surface area contributed by atoms with Crippen LogP contribution in [-0.4, -0.2) is 15.2 Å². The van der Waals surface area contributed by atoms with Crippen molar-refractivity contribution in [2.24, 2.45) is 0 Å². The lowest BCUT2D eigenvalue weighted by Gasteiger charge is -2.11. The van der Waals surface area contributed by atoms with E-state index in [0.717, 1.165) is 34.0 Å². The van der Waals surface area contributed by atoms with Gasteiger partial charge >= 0.3 is 0 Å². The molecule has 28 heavy (non-hydrogen) atoms. The fraction of sp³-hybridized carbons (Fsp3) is 0.217. The molecule has 1 N–H and O–H groups in total. The van der Waals surface area contributed by atoms with Crippen LogP contribution in [0.15, 0.2) is 48.0 Å². The summed E-state index contributed by atoms with van der Waals surface area (Å²) in [4.78, 5) is 12.6. The van der Waals surface area contributed by atoms with Gasteiger partial charge in [-0.3, -0.25) is 14.9 Å². The molecule has 0 saturated heterocycles. The fourth-order valence-electron chi connectivity index (χ4n) is 3.41. The van der Waals surface area contributed by atoms with E-state index in [9.17, 15) is 10.1 Å². The van der Waals surface area contributed by atoms with E-state index in [-0.39, 0.29) is 5.57 Å². The first-order chi connectivity index (χ1) is 13.3. The minimum Gasteiger partial charge on any atom is -0.318 e. The van der Waals surface area contributed by atoms with Crippen LogP contribution >= 0.6 is 0 Å². The largest absolute Gasteiger partial charge is 0.318 e. The van der Waals surface area contributed by atoms with Crippen molar-refractivity contribution in [1.29, 1.82) is 5.26 Å². The molecule has 1 aromatic carbocycles. The highest BCUT2D eigenvalue weighted by atomic mass is 16.2. The first kappa shape index (κ1) is 19.2. The summed E-state index contributed by atoms with van der Waals surface area (Å²) >= 11 is 0. The van der Waals surface area contributed by atoms with Gasteiger partial charge in [0, 0.05) is 28.5 Å². The monoisotopic (exact) mass is 372 g/mol. The number of hydrogen-bond donors (Lipinski definition) is 1. The molecule has 0 atom stereocenters. The van der Waals surface area contributed by atoms with Gasteiger partial charge in [-0.2, -0.15) is 5.26 Å². The van der Waals surface area contributed by atoms with E-state index in [1.165, 1.54) is 5.56 Å². The summed E-state index contributed by atoms with van der Waals surface area (Å²) in [6.07, 6.45) is 1.65. The molecule has 2 aromatic heterocycles. The number of benzene rings is 1. The number of nitrogens with one attached hydrogen (secondary N) is 1. The number of aromatic nitrogens is 2. The summed E-state index contributed by atoms with van der Waals surface area (Å²) in [5.74, 6) is -0.426. The van der Waals surface area contributed by atoms with Gasteiger partial charge in [-0.15, -0.1) is 0 Å². The molecule has 5 heteroatoms. The maximum Gasteiger partial charge on any atom is 0.280 e. The number of aryl methyl sites for hydroxylation is 4. The van der Waals surface area contributed by atoms with Gasteiger partial charge < -0.3 is 4.57 Å². The zero-order chi connectivity index (χ0) is 20.4. The smallest absolute Gasteiger partial charge is 0.280 e. The first-order valence-corrected chi connectivity index (χ1v) is 9.16. The van der Waals surface area contributed by atoms with Crippen molar-refractivity contribution in [2.75, 3.05) is 5.43 Å². The zero-order valence-corrected chi connectivity index (χ0v) is 16.9. The van der Waals surface area contributed by atoms with Gasteiger partial charge in [0.05, 0.1) is 0 Å². The second-order valence-electron chi connectivity index (χ2n) is 7.06. The second kappa shape index (κ2) is 7.61. The van der Waals surface area contributed by atoms with Crippen LogP contribution in [0.4, 0.5) is 0 Å². The molecule has 142 valence electrons. The molecule has 0 aliphatic heterocycles. The number of nitriles is 1. The van der Waals surface area contributed by atoms with E-state index in [1.807, 2.05) is 58.0 Å². The topological polar surface area (TPSA) is 62.8 Å². The molecule has 2 heterocycles. The van der Waals surface area contributed by atoms with Gasteiger partial charge in [0.1, 0.15) is 11.6 Å². The van der Waals surface area contributed by atoms with E-state index in [4.69, 9.17) is 0 Å². The van der Waals surface area contributed by atoms with E-state index in [0.29, 0.717) is 0 Å². The van der Waals surface area contributed by atoms with E-state index in [2.05, 4.69) is 35.1 Å². The Hall–Kier alpha value is -3.52. The van der Waals surface area contributed by atoms with E-state index >= 15 is 0 Å². The highest BCUT2D eigenvalue weighted by Crippen LogP contribution is 2.23. The lowest BCUT2D eigenvalue weighted by atomic mass is 10.1. The van der Waals surface area contributed by atoms with Gasteiger partial charge in [0.2, 0.25) is 0 Å². The van der Waals surface area contributed by atoms with Crippen molar-refractivity contribution in [3.8, 4) is 11.8 Å². The first-order valence-electron chi connectivity index (χ1n) is 9.16. The van der Waals surface area contributed by atoms with Crippen LogP contribution in [0, 0.1) is 45.9 Å². The number of rotatable bonds is 4. The van der Waals surface area contributed by atoms with Crippen molar-refractivity contribution >= 4 is 12.0 Å². The highest BCUT2D eigenvalue weighted by molar-refractivity contribution is 6.06. The van der Waals surface area contributed by atoms with Crippen LogP contribution in [0.5, 0.6) is 0 Å². The number of nitrogens with zero attached hydrogens (tertiary/aromatic N) is 3. The molecule has 0 fully saturated rings. The van der Waals surface area contributed by atoms with Crippen LogP contribution in [0.25, 0.3) is 11.8 Å². The molecule has 3 rings (SSSR count). The van der Waals surface area contributed by atoms with Gasteiger partial charge in [-0.25, -0.2) is 0 Å². The van der Waals surface area contributed by atoms with Gasteiger partial charge in [-0.1, -0.05) is 12.1 Å². The minimum absolute atomic E-state index is 0.0667. The lowest BCUT2D eigenvalue weighted by molar-refractivity contribution is -0.113. The third-order valence-electron chi connectivity index (χ3n) is 4.88. The number of amides is 1. The van der Waals surface area contributed by atoms with Crippen molar-refractivity contribution in [2.45, 2.75) is 34.6 Å². The third kappa shape index (κ3) is 3.63. The lowest BCUT2D eigenvalue weighted by Crippen LogP contribution is -2.25. The second-order valence-corrected chi connectivity index (χ2v) is 7.06. The highest BCUT2D eigenvalue weighted by Gasteiger charge is 2.15. The Balaban J connectivity index is 1.96. The summed E-state index contributed by atoms with van der Waals surface area (Å²) in [6, 6.07) is 16.1. The van der Waals surface area contributed by atoms with Crippen LogP contribution in [0.3, 0.4) is 0 Å². The molecule has 0 bridgehead atoms. The summed E-state index contributed by atoms with van der Waals surface area (Å²) in [5.41, 5.74) is 9.79. The molecule has 5 nitrogen and oxygen atoms in total. The molecule has 3 aromatic rings. The molecule has 0 aliphatic rings. The van der Waals surface area contributed by atoms with Gasteiger partial charge in [0.25, 0.3) is 5.91 Å². The third-order valence-corrected chi connectivity index (χ3v) is 4.88. The van der Waals surface area contributed by atoms with E-state index < -0.39 is 5.91 Å². The van der Waals surface area contributed by atoms with Gasteiger partial charge in [-0.05, 0) is 82.2 Å².